The Morgan fingerprint density at radius 1 is 1.13 bits per heavy atom. The zero-order valence-corrected chi connectivity index (χ0v) is 17.6. The molecule has 2 heterocycles. The number of H-pyrrole nitrogens is 1. The number of nitrogens with zero attached hydrogens (tertiary/aromatic N) is 1. The number of fused-ring (bicyclic) bond motifs is 3. The van der Waals surface area contributed by atoms with Gasteiger partial charge in [-0.25, -0.2) is 9.69 Å². The van der Waals surface area contributed by atoms with E-state index >= 15 is 0 Å². The van der Waals surface area contributed by atoms with Gasteiger partial charge in [0.15, 0.2) is 0 Å². The standard InChI is InChI=1S/C24H25N3O4/c1-15(2)14-31-24(30)27-20(22(28)25-13-16-8-4-3-5-9-16)12-18-17-10-6-7-11-19(17)26-21(18)23(27)29/h3-11,15,20,26H,12-14H2,1-2H3,(H,25,28). The third-order valence-electron chi connectivity index (χ3n) is 5.30. The SMILES string of the molecule is CC(C)COC(=O)N1C(=O)c2[nH]c3ccccc3c2CC1C(=O)NCc1ccccc1. The van der Waals surface area contributed by atoms with Gasteiger partial charge in [0.25, 0.3) is 5.91 Å². The molecule has 0 saturated carbocycles. The van der Waals surface area contributed by atoms with Crippen LogP contribution in [0.15, 0.2) is 54.6 Å². The van der Waals surface area contributed by atoms with E-state index < -0.39 is 23.9 Å². The molecule has 1 unspecified atom stereocenters. The van der Waals surface area contributed by atoms with Crippen molar-refractivity contribution in [1.29, 1.82) is 0 Å². The van der Waals surface area contributed by atoms with Gasteiger partial charge in [-0.05, 0) is 23.1 Å². The average molecular weight is 419 g/mol. The lowest BCUT2D eigenvalue weighted by atomic mass is 9.95. The van der Waals surface area contributed by atoms with Crippen molar-refractivity contribution in [2.45, 2.75) is 32.9 Å². The molecule has 3 aromatic rings. The predicted molar refractivity (Wildman–Crippen MR) is 116 cm³/mol. The minimum absolute atomic E-state index is 0.109. The number of hydrogen-bond acceptors (Lipinski definition) is 4. The topological polar surface area (TPSA) is 91.5 Å². The summed E-state index contributed by atoms with van der Waals surface area (Å²) in [4.78, 5) is 43.3. The van der Waals surface area contributed by atoms with Crippen LogP contribution in [0.3, 0.4) is 0 Å². The normalized spacial score (nSPS) is 15.8. The lowest BCUT2D eigenvalue weighted by Gasteiger charge is -2.32. The number of carbonyl (C=O) groups excluding carboxylic acids is 3. The summed E-state index contributed by atoms with van der Waals surface area (Å²) in [5, 5.41) is 3.74. The first-order valence-corrected chi connectivity index (χ1v) is 10.4. The molecule has 3 amide bonds. The zero-order chi connectivity index (χ0) is 22.0. The fraction of sp³-hybridized carbons (Fsp3) is 0.292. The van der Waals surface area contributed by atoms with Crippen molar-refractivity contribution >= 4 is 28.8 Å². The maximum absolute atomic E-state index is 13.3. The number of hydrogen-bond donors (Lipinski definition) is 2. The van der Waals surface area contributed by atoms with Crippen LogP contribution in [0.2, 0.25) is 0 Å². The van der Waals surface area contributed by atoms with Crippen molar-refractivity contribution in [2.24, 2.45) is 5.92 Å². The molecular weight excluding hydrogens is 394 g/mol. The van der Waals surface area contributed by atoms with E-state index in [1.165, 1.54) is 0 Å². The number of carbonyl (C=O) groups is 3. The fourth-order valence-electron chi connectivity index (χ4n) is 3.77. The van der Waals surface area contributed by atoms with E-state index in [1.54, 1.807) is 0 Å². The second-order valence-electron chi connectivity index (χ2n) is 8.09. The molecule has 31 heavy (non-hydrogen) atoms. The number of benzene rings is 2. The molecule has 1 aliphatic rings. The van der Waals surface area contributed by atoms with Crippen LogP contribution in [0.5, 0.6) is 0 Å². The van der Waals surface area contributed by atoms with E-state index in [9.17, 15) is 14.4 Å². The summed E-state index contributed by atoms with van der Waals surface area (Å²) >= 11 is 0. The molecule has 0 saturated heterocycles. The van der Waals surface area contributed by atoms with Gasteiger partial charge in [0.1, 0.15) is 11.7 Å². The van der Waals surface area contributed by atoms with Crippen molar-refractivity contribution < 1.29 is 19.1 Å². The summed E-state index contributed by atoms with van der Waals surface area (Å²) in [5.74, 6) is -0.835. The molecule has 0 fully saturated rings. The molecule has 1 aromatic heterocycles. The second-order valence-corrected chi connectivity index (χ2v) is 8.09. The molecular formula is C24H25N3O4. The van der Waals surface area contributed by atoms with Crippen LogP contribution in [0.1, 0.15) is 35.5 Å². The number of aromatic nitrogens is 1. The Bertz CT molecular complexity index is 1120. The van der Waals surface area contributed by atoms with Crippen LogP contribution in [-0.4, -0.2) is 40.4 Å². The predicted octanol–water partition coefficient (Wildman–Crippen LogP) is 3.64. The van der Waals surface area contributed by atoms with Crippen LogP contribution in [0.4, 0.5) is 4.79 Å². The molecule has 2 aromatic carbocycles. The van der Waals surface area contributed by atoms with Crippen molar-refractivity contribution in [3.63, 3.8) is 0 Å². The highest BCUT2D eigenvalue weighted by Gasteiger charge is 2.43. The van der Waals surface area contributed by atoms with Crippen LogP contribution in [0, 0.1) is 5.92 Å². The molecule has 0 radical (unpaired) electrons. The van der Waals surface area contributed by atoms with E-state index in [1.807, 2.05) is 68.4 Å². The number of aromatic amines is 1. The number of rotatable bonds is 5. The molecule has 1 aliphatic heterocycles. The van der Waals surface area contributed by atoms with Crippen molar-refractivity contribution in [1.82, 2.24) is 15.2 Å². The molecule has 4 rings (SSSR count). The molecule has 0 bridgehead atoms. The minimum Gasteiger partial charge on any atom is -0.449 e. The van der Waals surface area contributed by atoms with Gasteiger partial charge in [0, 0.05) is 23.9 Å². The Labute approximate surface area is 180 Å². The Morgan fingerprint density at radius 2 is 1.84 bits per heavy atom. The van der Waals surface area contributed by atoms with Gasteiger partial charge >= 0.3 is 6.09 Å². The monoisotopic (exact) mass is 419 g/mol. The largest absolute Gasteiger partial charge is 0.449 e. The smallest absolute Gasteiger partial charge is 0.417 e. The van der Waals surface area contributed by atoms with Crippen molar-refractivity contribution in [2.75, 3.05) is 6.61 Å². The Kier molecular flexibility index (Phi) is 5.75. The Morgan fingerprint density at radius 3 is 2.58 bits per heavy atom. The number of amides is 3. The zero-order valence-electron chi connectivity index (χ0n) is 17.6. The van der Waals surface area contributed by atoms with E-state index in [2.05, 4.69) is 10.3 Å². The highest BCUT2D eigenvalue weighted by molar-refractivity contribution is 6.10. The van der Waals surface area contributed by atoms with E-state index in [-0.39, 0.29) is 18.9 Å². The van der Waals surface area contributed by atoms with E-state index in [0.717, 1.165) is 26.9 Å². The third-order valence-corrected chi connectivity index (χ3v) is 5.30. The van der Waals surface area contributed by atoms with Crippen LogP contribution in [-0.2, 0) is 22.5 Å². The third kappa shape index (κ3) is 4.17. The quantitative estimate of drug-likeness (QED) is 0.660. The molecule has 7 heteroatoms. The van der Waals surface area contributed by atoms with E-state index in [4.69, 9.17) is 4.74 Å². The van der Waals surface area contributed by atoms with Crippen molar-refractivity contribution in [3.05, 3.63) is 71.4 Å². The highest BCUT2D eigenvalue weighted by atomic mass is 16.6. The summed E-state index contributed by atoms with van der Waals surface area (Å²) in [6.45, 7) is 4.29. The van der Waals surface area contributed by atoms with Gasteiger partial charge in [-0.3, -0.25) is 9.59 Å². The average Bonchev–Trinajstić information content (AvgIpc) is 3.15. The highest BCUT2D eigenvalue weighted by Crippen LogP contribution is 2.31. The number of nitrogens with one attached hydrogen (secondary N) is 2. The van der Waals surface area contributed by atoms with Crippen LogP contribution in [0.25, 0.3) is 10.9 Å². The summed E-state index contributed by atoms with van der Waals surface area (Å²) in [5.41, 5.74) is 2.80. The second kappa shape index (κ2) is 8.63. The van der Waals surface area contributed by atoms with E-state index in [0.29, 0.717) is 12.2 Å². The van der Waals surface area contributed by atoms with Gasteiger partial charge in [0.05, 0.1) is 6.61 Å². The van der Waals surface area contributed by atoms with Gasteiger partial charge in [-0.15, -0.1) is 0 Å². The van der Waals surface area contributed by atoms with Crippen LogP contribution < -0.4 is 5.32 Å². The molecule has 7 nitrogen and oxygen atoms in total. The summed E-state index contributed by atoms with van der Waals surface area (Å²) < 4.78 is 5.32. The minimum atomic E-state index is -0.984. The molecule has 160 valence electrons. The van der Waals surface area contributed by atoms with Gasteiger partial charge in [0.2, 0.25) is 5.91 Å². The van der Waals surface area contributed by atoms with Crippen molar-refractivity contribution in [3.8, 4) is 0 Å². The first kappa shape index (κ1) is 20.7. The Balaban J connectivity index is 1.64. The maximum Gasteiger partial charge on any atom is 0.417 e. The van der Waals surface area contributed by atoms with Gasteiger partial charge in [-0.2, -0.15) is 0 Å². The molecule has 0 aliphatic carbocycles. The number of ether oxygens (including phenoxy) is 1. The lowest BCUT2D eigenvalue weighted by molar-refractivity contribution is -0.125. The molecule has 1 atom stereocenters. The van der Waals surface area contributed by atoms with Crippen LogP contribution >= 0.6 is 0 Å². The lowest BCUT2D eigenvalue weighted by Crippen LogP contribution is -2.56. The summed E-state index contributed by atoms with van der Waals surface area (Å²) in [6.07, 6.45) is -0.578. The van der Waals surface area contributed by atoms with Gasteiger partial charge in [-0.1, -0.05) is 62.4 Å². The number of para-hydroxylation sites is 1. The molecule has 2 N–H and O–H groups in total. The Hall–Kier alpha value is -3.61. The molecule has 0 spiro atoms. The number of imide groups is 1. The first-order chi connectivity index (χ1) is 15.0. The summed E-state index contributed by atoms with van der Waals surface area (Å²) in [7, 11) is 0. The van der Waals surface area contributed by atoms with Gasteiger partial charge < -0.3 is 15.0 Å². The fourth-order valence-corrected chi connectivity index (χ4v) is 3.77. The summed E-state index contributed by atoms with van der Waals surface area (Å²) in [6, 6.07) is 16.0. The first-order valence-electron chi connectivity index (χ1n) is 10.4. The maximum atomic E-state index is 13.3.